The predicted molar refractivity (Wildman–Crippen MR) is 206 cm³/mol. The van der Waals surface area contributed by atoms with Gasteiger partial charge in [0.2, 0.25) is 0 Å². The Morgan fingerprint density at radius 1 is 0.265 bits per heavy atom. The lowest BCUT2D eigenvalue weighted by atomic mass is 9.85. The number of rotatable bonds is 4. The van der Waals surface area contributed by atoms with Crippen molar-refractivity contribution in [2.45, 2.75) is 0 Å². The molecule has 1 heterocycles. The Kier molecular flexibility index (Phi) is 6.25. The summed E-state index contributed by atoms with van der Waals surface area (Å²) in [5.41, 5.74) is 12.2. The lowest BCUT2D eigenvalue weighted by Crippen LogP contribution is -1.97. The topological polar surface area (TPSA) is 9.23 Å². The molecule has 0 fully saturated rings. The Morgan fingerprint density at radius 3 is 1.53 bits per heavy atom. The van der Waals surface area contributed by atoms with Gasteiger partial charge < -0.3 is 4.74 Å². The number of fused-ring (bicyclic) bond motifs is 4. The van der Waals surface area contributed by atoms with Gasteiger partial charge in [-0.05, 0) is 95.2 Å². The van der Waals surface area contributed by atoms with Crippen molar-refractivity contribution in [2.75, 3.05) is 0 Å². The fourth-order valence-corrected chi connectivity index (χ4v) is 7.88. The first-order chi connectivity index (χ1) is 24.3. The molecule has 0 aliphatic carbocycles. The monoisotopic (exact) mass is 622 g/mol. The van der Waals surface area contributed by atoms with Crippen LogP contribution in [-0.4, -0.2) is 0 Å². The van der Waals surface area contributed by atoms with Crippen molar-refractivity contribution in [3.8, 4) is 67.1 Å². The van der Waals surface area contributed by atoms with E-state index in [2.05, 4.69) is 170 Å². The van der Waals surface area contributed by atoms with E-state index in [1.807, 2.05) is 12.1 Å². The van der Waals surface area contributed by atoms with E-state index in [4.69, 9.17) is 4.74 Å². The zero-order valence-electron chi connectivity index (χ0n) is 26.7. The number of ether oxygens (including phenoxy) is 1. The minimum Gasteiger partial charge on any atom is -0.456 e. The first kappa shape index (κ1) is 27.7. The Balaban J connectivity index is 1.13. The lowest BCUT2D eigenvalue weighted by Gasteiger charge is -2.22. The minimum absolute atomic E-state index is 0.911. The minimum atomic E-state index is 0.911. The van der Waals surface area contributed by atoms with Crippen LogP contribution < -0.4 is 4.74 Å². The van der Waals surface area contributed by atoms with Crippen molar-refractivity contribution in [3.05, 3.63) is 182 Å². The Morgan fingerprint density at radius 2 is 0.796 bits per heavy atom. The van der Waals surface area contributed by atoms with Gasteiger partial charge in [-0.25, -0.2) is 0 Å². The second-order valence-electron chi connectivity index (χ2n) is 12.8. The van der Waals surface area contributed by atoms with Gasteiger partial charge in [-0.15, -0.1) is 0 Å². The van der Waals surface area contributed by atoms with Gasteiger partial charge in [0.15, 0.2) is 0 Å². The molecule has 49 heavy (non-hydrogen) atoms. The number of hydrogen-bond acceptors (Lipinski definition) is 1. The summed E-state index contributed by atoms with van der Waals surface area (Å²) in [6.07, 6.45) is 0. The molecule has 1 aliphatic heterocycles. The maximum atomic E-state index is 6.37. The standard InChI is InChI=1S/C48H30O/c1-2-12-31(13-3-1)34-14-10-15-35(30-34)47-42-19-6-4-17-40(42)46(41-18-5-7-20-43(41)47)33-26-24-32(25-27-33)36-28-29-45-48-38(36)21-11-22-39(48)37-16-8-9-23-44(37)49-45/h1-30H. The molecule has 0 aromatic heterocycles. The average molecular weight is 623 g/mol. The fourth-order valence-electron chi connectivity index (χ4n) is 7.88. The Hall–Kier alpha value is -6.44. The molecule has 0 spiro atoms. The van der Waals surface area contributed by atoms with E-state index in [-0.39, 0.29) is 0 Å². The third-order valence-corrected chi connectivity index (χ3v) is 10.1. The first-order valence-electron chi connectivity index (χ1n) is 16.8. The van der Waals surface area contributed by atoms with Crippen LogP contribution in [0.2, 0.25) is 0 Å². The molecule has 0 saturated carbocycles. The molecule has 1 nitrogen and oxygen atoms in total. The van der Waals surface area contributed by atoms with Crippen molar-refractivity contribution in [1.29, 1.82) is 0 Å². The molecule has 0 unspecified atom stereocenters. The third-order valence-electron chi connectivity index (χ3n) is 10.1. The molecule has 1 aliphatic rings. The van der Waals surface area contributed by atoms with E-state index in [0.29, 0.717) is 0 Å². The molecule has 0 bridgehead atoms. The maximum Gasteiger partial charge on any atom is 0.135 e. The van der Waals surface area contributed by atoms with Gasteiger partial charge in [0.05, 0.1) is 0 Å². The van der Waals surface area contributed by atoms with E-state index in [1.165, 1.54) is 82.4 Å². The first-order valence-corrected chi connectivity index (χ1v) is 16.8. The molecule has 0 amide bonds. The van der Waals surface area contributed by atoms with Crippen molar-refractivity contribution < 1.29 is 4.74 Å². The van der Waals surface area contributed by atoms with Crippen LogP contribution >= 0.6 is 0 Å². The van der Waals surface area contributed by atoms with Crippen molar-refractivity contribution in [3.63, 3.8) is 0 Å². The highest BCUT2D eigenvalue weighted by molar-refractivity contribution is 6.21. The van der Waals surface area contributed by atoms with E-state index < -0.39 is 0 Å². The molecule has 0 N–H and O–H groups in total. The summed E-state index contributed by atoms with van der Waals surface area (Å²) >= 11 is 0. The van der Waals surface area contributed by atoms with Gasteiger partial charge in [0.25, 0.3) is 0 Å². The highest BCUT2D eigenvalue weighted by Crippen LogP contribution is 2.49. The van der Waals surface area contributed by atoms with Crippen LogP contribution in [0.5, 0.6) is 11.5 Å². The third kappa shape index (κ3) is 4.40. The summed E-state index contributed by atoms with van der Waals surface area (Å²) in [6.45, 7) is 0. The molecule has 0 radical (unpaired) electrons. The number of para-hydroxylation sites is 1. The largest absolute Gasteiger partial charge is 0.456 e. The average Bonchev–Trinajstić information content (AvgIpc) is 3.18. The van der Waals surface area contributed by atoms with Crippen LogP contribution in [0.3, 0.4) is 0 Å². The molecule has 0 atom stereocenters. The fraction of sp³-hybridized carbons (Fsp3) is 0. The van der Waals surface area contributed by atoms with Crippen LogP contribution in [0, 0.1) is 0 Å². The Bertz CT molecular complexity index is 2660. The quantitative estimate of drug-likeness (QED) is 0.177. The number of benzene rings is 9. The van der Waals surface area contributed by atoms with Crippen molar-refractivity contribution in [2.24, 2.45) is 0 Å². The molecule has 10 rings (SSSR count). The highest BCUT2D eigenvalue weighted by atomic mass is 16.5. The molecular weight excluding hydrogens is 593 g/mol. The summed E-state index contributed by atoms with van der Waals surface area (Å²) in [4.78, 5) is 0. The lowest BCUT2D eigenvalue weighted by molar-refractivity contribution is 0.487. The van der Waals surface area contributed by atoms with Crippen LogP contribution in [0.1, 0.15) is 0 Å². The number of hydrogen-bond donors (Lipinski definition) is 0. The van der Waals surface area contributed by atoms with Crippen LogP contribution in [-0.2, 0) is 0 Å². The van der Waals surface area contributed by atoms with Gasteiger partial charge in [-0.2, -0.15) is 0 Å². The highest BCUT2D eigenvalue weighted by Gasteiger charge is 2.22. The van der Waals surface area contributed by atoms with Crippen LogP contribution in [0.25, 0.3) is 88.0 Å². The van der Waals surface area contributed by atoms with Gasteiger partial charge in [-0.3, -0.25) is 0 Å². The van der Waals surface area contributed by atoms with Crippen molar-refractivity contribution in [1.82, 2.24) is 0 Å². The van der Waals surface area contributed by atoms with Gasteiger partial charge >= 0.3 is 0 Å². The zero-order valence-corrected chi connectivity index (χ0v) is 26.7. The summed E-state index contributed by atoms with van der Waals surface area (Å²) in [5, 5.41) is 7.41. The summed E-state index contributed by atoms with van der Waals surface area (Å²) in [5.74, 6) is 1.82. The van der Waals surface area contributed by atoms with Crippen LogP contribution in [0.4, 0.5) is 0 Å². The maximum absolute atomic E-state index is 6.37. The van der Waals surface area contributed by atoms with Gasteiger partial charge in [0, 0.05) is 10.9 Å². The van der Waals surface area contributed by atoms with E-state index >= 15 is 0 Å². The second-order valence-corrected chi connectivity index (χ2v) is 12.8. The smallest absolute Gasteiger partial charge is 0.135 e. The molecule has 0 saturated heterocycles. The van der Waals surface area contributed by atoms with Gasteiger partial charge in [0.1, 0.15) is 11.5 Å². The van der Waals surface area contributed by atoms with E-state index in [1.54, 1.807) is 0 Å². The van der Waals surface area contributed by atoms with Crippen LogP contribution in [0.15, 0.2) is 182 Å². The summed E-state index contributed by atoms with van der Waals surface area (Å²) < 4.78 is 6.37. The summed E-state index contributed by atoms with van der Waals surface area (Å²) in [7, 11) is 0. The molecule has 228 valence electrons. The SMILES string of the molecule is c1ccc(-c2cccc(-c3c4ccccc4c(-c4ccc(-c5ccc6c7c(cccc57)-c5ccccc5O6)cc4)c4ccccc34)c2)cc1. The van der Waals surface area contributed by atoms with E-state index in [9.17, 15) is 0 Å². The molecule has 9 aromatic rings. The zero-order chi connectivity index (χ0) is 32.3. The molecular formula is C48H30O. The predicted octanol–water partition coefficient (Wildman–Crippen LogP) is 13.6. The molecule has 9 aromatic carbocycles. The Labute approximate surface area is 285 Å². The van der Waals surface area contributed by atoms with Gasteiger partial charge in [-0.1, -0.05) is 164 Å². The molecule has 1 heteroatoms. The van der Waals surface area contributed by atoms with E-state index in [0.717, 1.165) is 17.1 Å². The normalized spacial score (nSPS) is 11.8. The van der Waals surface area contributed by atoms with Crippen molar-refractivity contribution >= 4 is 32.3 Å². The second kappa shape index (κ2) is 11.1. The summed E-state index contributed by atoms with van der Waals surface area (Å²) in [6, 6.07) is 65.7.